The number of furan rings is 1. The molecule has 0 saturated carbocycles. The van der Waals surface area contributed by atoms with Crippen LogP contribution in [-0.4, -0.2) is 27.4 Å². The van der Waals surface area contributed by atoms with E-state index >= 15 is 0 Å². The molecule has 1 aliphatic rings. The van der Waals surface area contributed by atoms with Crippen LogP contribution < -0.4 is 10.6 Å². The number of anilines is 1. The van der Waals surface area contributed by atoms with Crippen LogP contribution in [0.3, 0.4) is 0 Å². The molecule has 0 unspecified atom stereocenters. The third-order valence-corrected chi connectivity index (χ3v) is 6.44. The van der Waals surface area contributed by atoms with Crippen LogP contribution in [0.4, 0.5) is 5.69 Å². The van der Waals surface area contributed by atoms with E-state index in [1.165, 1.54) is 0 Å². The first-order valence-electron chi connectivity index (χ1n) is 11.6. The lowest BCUT2D eigenvalue weighted by Crippen LogP contribution is -2.32. The third kappa shape index (κ3) is 5.10. The summed E-state index contributed by atoms with van der Waals surface area (Å²) < 4.78 is 6.33. The topological polar surface area (TPSA) is 70.4 Å². The van der Waals surface area contributed by atoms with E-state index in [0.717, 1.165) is 34.0 Å². The van der Waals surface area contributed by atoms with Gasteiger partial charge in [0.05, 0.1) is 11.7 Å². The number of carbonyl (C=O) groups is 1. The van der Waals surface area contributed by atoms with Gasteiger partial charge in [0, 0.05) is 30.4 Å². The summed E-state index contributed by atoms with van der Waals surface area (Å²) in [5, 5.41) is 6.94. The average Bonchev–Trinajstić information content (AvgIpc) is 3.50. The predicted molar refractivity (Wildman–Crippen MR) is 141 cm³/mol. The fourth-order valence-electron chi connectivity index (χ4n) is 4.31. The number of nitrogens with zero attached hydrogens (tertiary/aromatic N) is 2. The first kappa shape index (κ1) is 22.8. The minimum absolute atomic E-state index is 0.0684. The van der Waals surface area contributed by atoms with Gasteiger partial charge in [-0.1, -0.05) is 54.1 Å². The van der Waals surface area contributed by atoms with Gasteiger partial charge in [0.25, 0.3) is 0 Å². The van der Waals surface area contributed by atoms with Crippen LogP contribution in [0.5, 0.6) is 0 Å². The highest BCUT2D eigenvalue weighted by molar-refractivity contribution is 7.80. The minimum Gasteiger partial charge on any atom is -0.459 e. The van der Waals surface area contributed by atoms with Gasteiger partial charge in [0.15, 0.2) is 5.11 Å². The minimum atomic E-state index is -0.234. The molecule has 6 nitrogen and oxygen atoms in total. The van der Waals surface area contributed by atoms with Gasteiger partial charge in [-0.2, -0.15) is 0 Å². The van der Waals surface area contributed by atoms with Gasteiger partial charge in [-0.3, -0.25) is 9.78 Å². The molecule has 1 amide bonds. The smallest absolute Gasteiger partial charge is 0.226 e. The number of aromatic nitrogens is 1. The van der Waals surface area contributed by atoms with Gasteiger partial charge in [-0.05, 0) is 55.5 Å². The maximum Gasteiger partial charge on any atom is 0.226 e. The molecule has 5 rings (SSSR count). The average molecular weight is 483 g/mol. The molecule has 0 bridgehead atoms. The van der Waals surface area contributed by atoms with Crippen LogP contribution in [0, 0.1) is 6.92 Å². The molecule has 35 heavy (non-hydrogen) atoms. The Bertz CT molecular complexity index is 1310. The molecule has 1 fully saturated rings. The summed E-state index contributed by atoms with van der Waals surface area (Å²) in [5.41, 5.74) is 3.80. The SMILES string of the molecule is Cc1ccc(NC(=O)CCN2C(=S)N[C@@H](c3ccccn3)[C@H]2c2ccc(-c3ccccc3)o2)cc1. The summed E-state index contributed by atoms with van der Waals surface area (Å²) >= 11 is 5.70. The number of rotatable bonds is 7. The second-order valence-electron chi connectivity index (χ2n) is 8.55. The summed E-state index contributed by atoms with van der Waals surface area (Å²) in [6, 6.07) is 27.1. The lowest BCUT2D eigenvalue weighted by Gasteiger charge is -2.25. The highest BCUT2D eigenvalue weighted by Crippen LogP contribution is 2.40. The maximum atomic E-state index is 12.7. The molecule has 4 aromatic rings. The van der Waals surface area contributed by atoms with Gasteiger partial charge in [0.2, 0.25) is 5.91 Å². The van der Waals surface area contributed by atoms with Crippen LogP contribution in [-0.2, 0) is 4.79 Å². The first-order chi connectivity index (χ1) is 17.1. The van der Waals surface area contributed by atoms with E-state index in [4.69, 9.17) is 16.6 Å². The van der Waals surface area contributed by atoms with E-state index in [0.29, 0.717) is 11.7 Å². The highest BCUT2D eigenvalue weighted by Gasteiger charge is 2.41. The molecule has 2 N–H and O–H groups in total. The molecule has 176 valence electrons. The van der Waals surface area contributed by atoms with Crippen molar-refractivity contribution in [1.82, 2.24) is 15.2 Å². The van der Waals surface area contributed by atoms with Crippen molar-refractivity contribution >= 4 is 28.9 Å². The zero-order valence-corrected chi connectivity index (χ0v) is 20.2. The Labute approximate surface area is 210 Å². The number of aryl methyl sites for hydroxylation is 1. The fourth-order valence-corrected chi connectivity index (χ4v) is 4.64. The molecule has 0 aliphatic carbocycles. The first-order valence-corrected chi connectivity index (χ1v) is 12.0. The van der Waals surface area contributed by atoms with E-state index in [1.54, 1.807) is 6.20 Å². The van der Waals surface area contributed by atoms with Crippen molar-refractivity contribution < 1.29 is 9.21 Å². The number of hydrogen-bond donors (Lipinski definition) is 2. The van der Waals surface area contributed by atoms with Crippen molar-refractivity contribution in [2.24, 2.45) is 0 Å². The van der Waals surface area contributed by atoms with E-state index in [-0.39, 0.29) is 24.4 Å². The summed E-state index contributed by atoms with van der Waals surface area (Å²) in [5.74, 6) is 1.49. The Morgan fingerprint density at radius 3 is 2.54 bits per heavy atom. The number of amides is 1. The lowest BCUT2D eigenvalue weighted by atomic mass is 10.0. The largest absolute Gasteiger partial charge is 0.459 e. The Morgan fingerprint density at radius 1 is 1.03 bits per heavy atom. The van der Waals surface area contributed by atoms with Crippen molar-refractivity contribution in [1.29, 1.82) is 0 Å². The maximum absolute atomic E-state index is 12.7. The highest BCUT2D eigenvalue weighted by atomic mass is 32.1. The lowest BCUT2D eigenvalue weighted by molar-refractivity contribution is -0.116. The monoisotopic (exact) mass is 482 g/mol. The van der Waals surface area contributed by atoms with Crippen LogP contribution in [0.2, 0.25) is 0 Å². The van der Waals surface area contributed by atoms with Crippen LogP contribution in [0.25, 0.3) is 11.3 Å². The molecular formula is C28H26N4O2S. The molecule has 2 atom stereocenters. The van der Waals surface area contributed by atoms with Crippen LogP contribution >= 0.6 is 12.2 Å². The van der Waals surface area contributed by atoms with Crippen molar-refractivity contribution in [2.45, 2.75) is 25.4 Å². The third-order valence-electron chi connectivity index (χ3n) is 6.09. The molecule has 3 heterocycles. The zero-order valence-electron chi connectivity index (χ0n) is 19.3. The van der Waals surface area contributed by atoms with Gasteiger partial charge in [0.1, 0.15) is 17.6 Å². The van der Waals surface area contributed by atoms with Crippen molar-refractivity contribution in [3.63, 3.8) is 0 Å². The second kappa shape index (κ2) is 10.1. The van der Waals surface area contributed by atoms with Gasteiger partial charge >= 0.3 is 0 Å². The van der Waals surface area contributed by atoms with Gasteiger partial charge in [-0.25, -0.2) is 0 Å². The van der Waals surface area contributed by atoms with Gasteiger partial charge < -0.3 is 20.0 Å². The summed E-state index contributed by atoms with van der Waals surface area (Å²) in [4.78, 5) is 19.3. The molecule has 0 spiro atoms. The number of hydrogen-bond acceptors (Lipinski definition) is 4. The fraction of sp³-hybridized carbons (Fsp3) is 0.179. The molecule has 1 saturated heterocycles. The Kier molecular flexibility index (Phi) is 6.59. The van der Waals surface area contributed by atoms with Crippen molar-refractivity contribution in [3.05, 3.63) is 108 Å². The second-order valence-corrected chi connectivity index (χ2v) is 8.94. The van der Waals surface area contributed by atoms with Gasteiger partial charge in [-0.15, -0.1) is 0 Å². The zero-order chi connectivity index (χ0) is 24.2. The van der Waals surface area contributed by atoms with Crippen LogP contribution in [0.1, 0.15) is 35.5 Å². The van der Waals surface area contributed by atoms with E-state index in [2.05, 4.69) is 15.6 Å². The quantitative estimate of drug-likeness (QED) is 0.332. The molecule has 2 aromatic heterocycles. The summed E-state index contributed by atoms with van der Waals surface area (Å²) in [6.45, 7) is 2.46. The Hall–Kier alpha value is -3.97. The Morgan fingerprint density at radius 2 is 1.80 bits per heavy atom. The number of nitrogens with one attached hydrogen (secondary N) is 2. The molecular weight excluding hydrogens is 456 g/mol. The van der Waals surface area contributed by atoms with Crippen molar-refractivity contribution in [2.75, 3.05) is 11.9 Å². The Balaban J connectivity index is 1.38. The number of pyridine rings is 1. The number of benzene rings is 2. The summed E-state index contributed by atoms with van der Waals surface area (Å²) in [6.07, 6.45) is 2.06. The standard InChI is InChI=1S/C28H26N4O2S/c1-19-10-12-21(13-11-19)30-25(33)16-18-32-27(26(31-28(32)35)22-9-5-6-17-29-22)24-15-14-23(34-24)20-7-3-2-4-8-20/h2-15,17,26-27H,16,18H2,1H3,(H,30,33)(H,31,35)/t26-,27+/m0/s1. The number of carbonyl (C=O) groups excluding carboxylic acids is 1. The molecule has 7 heteroatoms. The molecule has 1 aliphatic heterocycles. The number of thiocarbonyl (C=S) groups is 1. The predicted octanol–water partition coefficient (Wildman–Crippen LogP) is 5.65. The molecule has 0 radical (unpaired) electrons. The normalized spacial score (nSPS) is 17.3. The van der Waals surface area contributed by atoms with Crippen molar-refractivity contribution in [3.8, 4) is 11.3 Å². The van der Waals surface area contributed by atoms with Crippen LogP contribution in [0.15, 0.2) is 95.5 Å². The summed E-state index contributed by atoms with van der Waals surface area (Å²) in [7, 11) is 0. The molecule has 2 aromatic carbocycles. The van der Waals surface area contributed by atoms with E-state index in [9.17, 15) is 4.79 Å². The van der Waals surface area contributed by atoms with E-state index < -0.39 is 0 Å². The van der Waals surface area contributed by atoms with E-state index in [1.807, 2.05) is 96.8 Å².